The van der Waals surface area contributed by atoms with E-state index < -0.39 is 0 Å². The molecule has 0 aliphatic carbocycles. The molecule has 1 aliphatic heterocycles. The molecule has 0 aromatic rings. The van der Waals surface area contributed by atoms with Gasteiger partial charge >= 0.3 is 0 Å². The van der Waals surface area contributed by atoms with Crippen LogP contribution in [0.25, 0.3) is 0 Å². The van der Waals surface area contributed by atoms with Crippen molar-refractivity contribution in [3.63, 3.8) is 0 Å². The Labute approximate surface area is 94.7 Å². The largest absolute Gasteiger partial charge is 0.396 e. The van der Waals surface area contributed by atoms with Crippen molar-refractivity contribution in [1.29, 1.82) is 0 Å². The fourth-order valence-electron chi connectivity index (χ4n) is 2.37. The molecule has 0 aromatic carbocycles. The molecule has 1 aliphatic rings. The van der Waals surface area contributed by atoms with Crippen molar-refractivity contribution in [3.05, 3.63) is 0 Å². The summed E-state index contributed by atoms with van der Waals surface area (Å²) in [5.41, 5.74) is 0.110. The van der Waals surface area contributed by atoms with Crippen molar-refractivity contribution in [1.82, 2.24) is 4.90 Å². The molecule has 0 saturated carbocycles. The maximum absolute atomic E-state index is 9.39. The van der Waals surface area contributed by atoms with E-state index in [1.807, 2.05) is 0 Å². The molecule has 0 aromatic heterocycles. The molecule has 0 bridgehead atoms. The van der Waals surface area contributed by atoms with Gasteiger partial charge in [-0.05, 0) is 38.3 Å². The third kappa shape index (κ3) is 3.76. The van der Waals surface area contributed by atoms with Crippen molar-refractivity contribution in [3.8, 4) is 0 Å². The van der Waals surface area contributed by atoms with Gasteiger partial charge < -0.3 is 10.0 Å². The van der Waals surface area contributed by atoms with Crippen LogP contribution < -0.4 is 0 Å². The first-order valence-corrected chi connectivity index (χ1v) is 6.46. The summed E-state index contributed by atoms with van der Waals surface area (Å²) in [7, 11) is 0. The molecular weight excluding hydrogens is 186 g/mol. The van der Waals surface area contributed by atoms with Crippen LogP contribution >= 0.6 is 0 Å². The van der Waals surface area contributed by atoms with Gasteiger partial charge in [0.05, 0.1) is 0 Å². The van der Waals surface area contributed by atoms with Crippen LogP contribution in [-0.2, 0) is 0 Å². The highest BCUT2D eigenvalue weighted by Crippen LogP contribution is 2.26. The lowest BCUT2D eigenvalue weighted by Crippen LogP contribution is -2.42. The van der Waals surface area contributed by atoms with Gasteiger partial charge in [-0.1, -0.05) is 27.2 Å². The summed E-state index contributed by atoms with van der Waals surface area (Å²) < 4.78 is 0. The van der Waals surface area contributed by atoms with E-state index in [0.29, 0.717) is 6.61 Å². The monoisotopic (exact) mass is 213 g/mol. The van der Waals surface area contributed by atoms with Gasteiger partial charge in [0.15, 0.2) is 0 Å². The number of hydrogen-bond acceptors (Lipinski definition) is 2. The summed E-state index contributed by atoms with van der Waals surface area (Å²) in [5.74, 6) is 0.947. The van der Waals surface area contributed by atoms with Crippen molar-refractivity contribution in [2.75, 3.05) is 26.2 Å². The average molecular weight is 213 g/mol. The molecule has 2 nitrogen and oxygen atoms in total. The Morgan fingerprint density at radius 3 is 2.27 bits per heavy atom. The second-order valence-corrected chi connectivity index (χ2v) is 5.45. The van der Waals surface area contributed by atoms with Gasteiger partial charge in [-0.15, -0.1) is 0 Å². The maximum atomic E-state index is 9.39. The van der Waals surface area contributed by atoms with Gasteiger partial charge in [-0.2, -0.15) is 0 Å². The Kier molecular flexibility index (Phi) is 5.07. The minimum atomic E-state index is 0.110. The number of nitrogens with zero attached hydrogens (tertiary/aromatic N) is 1. The SMILES string of the molecule is CCC1CCN(CC(C)(CC)CO)CC1. The molecule has 1 N–H and O–H groups in total. The van der Waals surface area contributed by atoms with Gasteiger partial charge in [0.2, 0.25) is 0 Å². The summed E-state index contributed by atoms with van der Waals surface area (Å²) in [6.07, 6.45) is 5.10. The highest BCUT2D eigenvalue weighted by atomic mass is 16.3. The molecule has 90 valence electrons. The number of piperidine rings is 1. The van der Waals surface area contributed by atoms with Gasteiger partial charge in [0, 0.05) is 18.6 Å². The summed E-state index contributed by atoms with van der Waals surface area (Å²) in [5, 5.41) is 9.39. The van der Waals surface area contributed by atoms with E-state index in [9.17, 15) is 5.11 Å². The van der Waals surface area contributed by atoms with Crippen LogP contribution in [0.3, 0.4) is 0 Å². The van der Waals surface area contributed by atoms with Crippen LogP contribution in [0.5, 0.6) is 0 Å². The van der Waals surface area contributed by atoms with Gasteiger partial charge in [0.1, 0.15) is 0 Å². The Balaban J connectivity index is 2.34. The number of aliphatic hydroxyl groups is 1. The van der Waals surface area contributed by atoms with E-state index in [1.165, 1.54) is 32.4 Å². The summed E-state index contributed by atoms with van der Waals surface area (Å²) in [6, 6.07) is 0. The van der Waals surface area contributed by atoms with Gasteiger partial charge in [-0.3, -0.25) is 0 Å². The molecule has 1 fully saturated rings. The van der Waals surface area contributed by atoms with E-state index in [1.54, 1.807) is 0 Å². The number of likely N-dealkylation sites (tertiary alicyclic amines) is 1. The average Bonchev–Trinajstić information content (AvgIpc) is 2.30. The maximum Gasteiger partial charge on any atom is 0.0496 e. The molecular formula is C13H27NO. The Morgan fingerprint density at radius 2 is 1.87 bits per heavy atom. The highest BCUT2D eigenvalue weighted by Gasteiger charge is 2.26. The quantitative estimate of drug-likeness (QED) is 0.758. The summed E-state index contributed by atoms with van der Waals surface area (Å²) in [4.78, 5) is 2.53. The Morgan fingerprint density at radius 1 is 1.27 bits per heavy atom. The van der Waals surface area contributed by atoms with Crippen LogP contribution in [0.1, 0.15) is 46.5 Å². The Hall–Kier alpha value is -0.0800. The Bertz CT molecular complexity index is 169. The number of rotatable bonds is 5. The second-order valence-electron chi connectivity index (χ2n) is 5.45. The smallest absolute Gasteiger partial charge is 0.0496 e. The summed E-state index contributed by atoms with van der Waals surface area (Å²) in [6.45, 7) is 10.5. The van der Waals surface area contributed by atoms with Crippen LogP contribution in [0, 0.1) is 11.3 Å². The molecule has 2 heteroatoms. The first kappa shape index (κ1) is 13.0. The molecule has 1 rings (SSSR count). The zero-order valence-corrected chi connectivity index (χ0v) is 10.6. The van der Waals surface area contributed by atoms with E-state index in [0.717, 1.165) is 18.9 Å². The lowest BCUT2D eigenvalue weighted by atomic mass is 9.86. The fraction of sp³-hybridized carbons (Fsp3) is 1.00. The van der Waals surface area contributed by atoms with E-state index in [-0.39, 0.29) is 5.41 Å². The van der Waals surface area contributed by atoms with Crippen molar-refractivity contribution >= 4 is 0 Å². The predicted octanol–water partition coefficient (Wildman–Crippen LogP) is 2.52. The van der Waals surface area contributed by atoms with Crippen LogP contribution in [-0.4, -0.2) is 36.2 Å². The molecule has 1 saturated heterocycles. The number of hydrogen-bond donors (Lipinski definition) is 1. The summed E-state index contributed by atoms with van der Waals surface area (Å²) >= 11 is 0. The molecule has 1 heterocycles. The van der Waals surface area contributed by atoms with Crippen LogP contribution in [0.2, 0.25) is 0 Å². The first-order chi connectivity index (χ1) is 7.13. The standard InChI is InChI=1S/C13H27NO/c1-4-12-6-8-14(9-7-12)10-13(3,5-2)11-15/h12,15H,4-11H2,1-3H3. The van der Waals surface area contributed by atoms with Crippen molar-refractivity contribution < 1.29 is 5.11 Å². The van der Waals surface area contributed by atoms with Gasteiger partial charge in [0.25, 0.3) is 0 Å². The van der Waals surface area contributed by atoms with E-state index in [4.69, 9.17) is 0 Å². The second kappa shape index (κ2) is 5.86. The molecule has 0 amide bonds. The predicted molar refractivity (Wildman–Crippen MR) is 64.9 cm³/mol. The third-order valence-electron chi connectivity index (χ3n) is 4.13. The van der Waals surface area contributed by atoms with Crippen LogP contribution in [0.4, 0.5) is 0 Å². The molecule has 15 heavy (non-hydrogen) atoms. The van der Waals surface area contributed by atoms with Crippen LogP contribution in [0.15, 0.2) is 0 Å². The third-order valence-corrected chi connectivity index (χ3v) is 4.13. The molecule has 0 radical (unpaired) electrons. The fourth-order valence-corrected chi connectivity index (χ4v) is 2.37. The molecule has 1 atom stereocenters. The zero-order valence-electron chi connectivity index (χ0n) is 10.6. The van der Waals surface area contributed by atoms with Gasteiger partial charge in [-0.25, -0.2) is 0 Å². The van der Waals surface area contributed by atoms with E-state index >= 15 is 0 Å². The number of aliphatic hydroxyl groups excluding tert-OH is 1. The van der Waals surface area contributed by atoms with E-state index in [2.05, 4.69) is 25.7 Å². The highest BCUT2D eigenvalue weighted by molar-refractivity contribution is 4.79. The minimum absolute atomic E-state index is 0.110. The molecule has 1 unspecified atom stereocenters. The lowest BCUT2D eigenvalue weighted by molar-refractivity contribution is 0.0660. The normalized spacial score (nSPS) is 24.0. The molecule has 0 spiro atoms. The van der Waals surface area contributed by atoms with Crippen molar-refractivity contribution in [2.45, 2.75) is 46.5 Å². The lowest BCUT2D eigenvalue weighted by Gasteiger charge is -2.37. The minimum Gasteiger partial charge on any atom is -0.396 e. The zero-order chi connectivity index (χ0) is 11.3. The van der Waals surface area contributed by atoms with Crippen molar-refractivity contribution in [2.24, 2.45) is 11.3 Å². The topological polar surface area (TPSA) is 23.5 Å². The first-order valence-electron chi connectivity index (χ1n) is 6.46.